The molecule has 7 nitrogen and oxygen atoms in total. The highest BCUT2D eigenvalue weighted by Crippen LogP contribution is 2.33. The second-order valence-electron chi connectivity index (χ2n) is 6.36. The van der Waals surface area contributed by atoms with Gasteiger partial charge in [-0.1, -0.05) is 42.5 Å². The van der Waals surface area contributed by atoms with Gasteiger partial charge in [0.15, 0.2) is 0 Å². The van der Waals surface area contributed by atoms with E-state index in [1.165, 1.54) is 31.4 Å². The van der Waals surface area contributed by atoms with Crippen molar-refractivity contribution in [2.75, 3.05) is 7.11 Å². The summed E-state index contributed by atoms with van der Waals surface area (Å²) in [6, 6.07) is 20.4. The van der Waals surface area contributed by atoms with E-state index < -0.39 is 16.1 Å². The van der Waals surface area contributed by atoms with Crippen LogP contribution in [0.25, 0.3) is 5.57 Å². The largest absolute Gasteiger partial charge is 0.500 e. The van der Waals surface area contributed by atoms with Crippen molar-refractivity contribution in [3.63, 3.8) is 0 Å². The Balaban J connectivity index is 1.92. The Morgan fingerprint density at radius 2 is 1.52 bits per heavy atom. The average molecular weight is 440 g/mol. The minimum atomic E-state index is -4.01. The molecule has 0 atom stereocenters. The standard InChI is InChI=1S/C23H20O7S/c1-16(28-2)22(23(24)25)20-13-6-7-14-21(20)29-17-9-8-10-18(15-17)30-31(26,27)19-11-4-3-5-12-19/h3-15H,1-2H3,(H,24,25). The van der Waals surface area contributed by atoms with E-state index >= 15 is 0 Å². The number of ether oxygens (including phenoxy) is 2. The Bertz CT molecular complexity index is 1220. The number of carboxylic acid groups (broad SMARTS) is 1. The van der Waals surface area contributed by atoms with E-state index in [1.54, 1.807) is 61.5 Å². The van der Waals surface area contributed by atoms with E-state index in [-0.39, 0.29) is 33.5 Å². The minimum absolute atomic E-state index is 0.0259. The molecule has 0 aliphatic rings. The van der Waals surface area contributed by atoms with E-state index in [0.29, 0.717) is 5.56 Å². The van der Waals surface area contributed by atoms with Crippen molar-refractivity contribution in [3.8, 4) is 17.2 Å². The summed E-state index contributed by atoms with van der Waals surface area (Å²) in [5.41, 5.74) is 0.273. The Morgan fingerprint density at radius 1 is 0.871 bits per heavy atom. The first-order valence-corrected chi connectivity index (χ1v) is 10.6. The third-order valence-corrected chi connectivity index (χ3v) is 5.56. The molecule has 0 bridgehead atoms. The second-order valence-corrected chi connectivity index (χ2v) is 7.91. The lowest BCUT2D eigenvalue weighted by Gasteiger charge is -2.14. The molecule has 1 N–H and O–H groups in total. The Kier molecular flexibility index (Phi) is 6.61. The molecule has 0 aliphatic carbocycles. The predicted octanol–water partition coefficient (Wildman–Crippen LogP) is 4.71. The van der Waals surface area contributed by atoms with Crippen LogP contribution in [0.3, 0.4) is 0 Å². The molecule has 0 aliphatic heterocycles. The van der Waals surface area contributed by atoms with Crippen molar-refractivity contribution in [2.45, 2.75) is 11.8 Å². The van der Waals surface area contributed by atoms with Crippen LogP contribution in [-0.4, -0.2) is 26.6 Å². The van der Waals surface area contributed by atoms with Gasteiger partial charge in [0.1, 0.15) is 33.5 Å². The number of methoxy groups -OCH3 is 1. The summed E-state index contributed by atoms with van der Waals surface area (Å²) in [4.78, 5) is 11.8. The minimum Gasteiger partial charge on any atom is -0.500 e. The van der Waals surface area contributed by atoms with Gasteiger partial charge in [0.2, 0.25) is 0 Å². The van der Waals surface area contributed by atoms with E-state index in [9.17, 15) is 18.3 Å². The normalized spacial score (nSPS) is 11.9. The number of carboxylic acids is 1. The summed E-state index contributed by atoms with van der Waals surface area (Å²) in [6.45, 7) is 1.54. The zero-order valence-electron chi connectivity index (χ0n) is 16.8. The molecule has 160 valence electrons. The third-order valence-electron chi connectivity index (χ3n) is 4.30. The number of aliphatic carboxylic acids is 1. The molecular formula is C23H20O7S. The SMILES string of the molecule is COC(C)=C(C(=O)O)c1ccccc1Oc1cccc(OS(=O)(=O)c2ccccc2)c1. The van der Waals surface area contributed by atoms with Gasteiger partial charge in [-0.25, -0.2) is 4.79 Å². The van der Waals surface area contributed by atoms with Gasteiger partial charge in [-0.2, -0.15) is 8.42 Å². The first kappa shape index (κ1) is 21.9. The van der Waals surface area contributed by atoms with Gasteiger partial charge in [0.05, 0.1) is 7.11 Å². The van der Waals surface area contributed by atoms with Gasteiger partial charge < -0.3 is 18.8 Å². The molecule has 0 saturated carbocycles. The van der Waals surface area contributed by atoms with Crippen molar-refractivity contribution in [2.24, 2.45) is 0 Å². The van der Waals surface area contributed by atoms with Crippen LogP contribution in [0.15, 0.2) is 89.5 Å². The van der Waals surface area contributed by atoms with E-state index in [1.807, 2.05) is 0 Å². The van der Waals surface area contributed by atoms with Crippen LogP contribution in [0.5, 0.6) is 17.2 Å². The molecule has 0 fully saturated rings. The molecular weight excluding hydrogens is 420 g/mol. The van der Waals surface area contributed by atoms with Crippen LogP contribution < -0.4 is 8.92 Å². The van der Waals surface area contributed by atoms with Crippen molar-refractivity contribution >= 4 is 21.7 Å². The molecule has 0 amide bonds. The van der Waals surface area contributed by atoms with Crippen LogP contribution in [0.2, 0.25) is 0 Å². The van der Waals surface area contributed by atoms with Crippen LogP contribution in [0, 0.1) is 0 Å². The fourth-order valence-electron chi connectivity index (χ4n) is 2.80. The van der Waals surface area contributed by atoms with E-state index in [4.69, 9.17) is 13.7 Å². The van der Waals surface area contributed by atoms with Crippen LogP contribution in [-0.2, 0) is 19.6 Å². The summed E-state index contributed by atoms with van der Waals surface area (Å²) < 4.78 is 41.1. The summed E-state index contributed by atoms with van der Waals surface area (Å²) in [5, 5.41) is 9.62. The molecule has 3 aromatic rings. The predicted molar refractivity (Wildman–Crippen MR) is 114 cm³/mol. The lowest BCUT2D eigenvalue weighted by atomic mass is 10.0. The molecule has 3 aromatic carbocycles. The van der Waals surface area contributed by atoms with E-state index in [2.05, 4.69) is 0 Å². The molecule has 0 unspecified atom stereocenters. The topological polar surface area (TPSA) is 99.1 Å². The lowest BCUT2D eigenvalue weighted by Crippen LogP contribution is -2.09. The number of rotatable bonds is 8. The maximum atomic E-state index is 12.4. The maximum Gasteiger partial charge on any atom is 0.339 e. The van der Waals surface area contributed by atoms with Gasteiger partial charge in [-0.05, 0) is 37.3 Å². The highest BCUT2D eigenvalue weighted by atomic mass is 32.2. The zero-order valence-corrected chi connectivity index (χ0v) is 17.6. The van der Waals surface area contributed by atoms with Crippen LogP contribution in [0.1, 0.15) is 12.5 Å². The molecule has 8 heteroatoms. The maximum absolute atomic E-state index is 12.4. The Morgan fingerprint density at radius 3 is 2.19 bits per heavy atom. The van der Waals surface area contributed by atoms with Crippen molar-refractivity contribution in [3.05, 3.63) is 90.2 Å². The quantitative estimate of drug-likeness (QED) is 0.308. The zero-order chi connectivity index (χ0) is 22.4. The molecule has 0 heterocycles. The first-order chi connectivity index (χ1) is 14.8. The average Bonchev–Trinajstić information content (AvgIpc) is 2.75. The number of para-hydroxylation sites is 1. The number of allylic oxidation sites excluding steroid dienone is 1. The molecule has 3 rings (SSSR count). The lowest BCUT2D eigenvalue weighted by molar-refractivity contribution is -0.130. The van der Waals surface area contributed by atoms with Gasteiger partial charge in [0.25, 0.3) is 0 Å². The third kappa shape index (κ3) is 5.23. The van der Waals surface area contributed by atoms with E-state index in [0.717, 1.165) is 0 Å². The first-order valence-electron chi connectivity index (χ1n) is 9.17. The fraction of sp³-hybridized carbons (Fsp3) is 0.0870. The summed E-state index contributed by atoms with van der Waals surface area (Å²) in [7, 11) is -2.62. The van der Waals surface area contributed by atoms with Gasteiger partial charge in [0, 0.05) is 11.6 Å². The van der Waals surface area contributed by atoms with Crippen LogP contribution in [0.4, 0.5) is 0 Å². The van der Waals surface area contributed by atoms with Crippen molar-refractivity contribution in [1.82, 2.24) is 0 Å². The smallest absolute Gasteiger partial charge is 0.339 e. The highest BCUT2D eigenvalue weighted by Gasteiger charge is 2.20. The summed E-state index contributed by atoms with van der Waals surface area (Å²) >= 11 is 0. The highest BCUT2D eigenvalue weighted by molar-refractivity contribution is 7.87. The van der Waals surface area contributed by atoms with Gasteiger partial charge in [-0.3, -0.25) is 0 Å². The summed E-state index contributed by atoms with van der Waals surface area (Å²) in [6.07, 6.45) is 0. The molecule has 0 spiro atoms. The van der Waals surface area contributed by atoms with Crippen molar-refractivity contribution in [1.29, 1.82) is 0 Å². The monoisotopic (exact) mass is 440 g/mol. The Hall–Kier alpha value is -3.78. The number of benzene rings is 3. The summed E-state index contributed by atoms with van der Waals surface area (Å²) in [5.74, 6) is -0.357. The molecule has 0 radical (unpaired) electrons. The van der Waals surface area contributed by atoms with Crippen LogP contribution >= 0.6 is 0 Å². The Labute approximate surface area is 180 Å². The molecule has 0 aromatic heterocycles. The van der Waals surface area contributed by atoms with Gasteiger partial charge in [-0.15, -0.1) is 0 Å². The van der Waals surface area contributed by atoms with Gasteiger partial charge >= 0.3 is 16.1 Å². The number of hydrogen-bond donors (Lipinski definition) is 1. The molecule has 0 saturated heterocycles. The molecule has 31 heavy (non-hydrogen) atoms. The second kappa shape index (κ2) is 9.36. The number of carbonyl (C=O) groups is 1. The fourth-order valence-corrected chi connectivity index (χ4v) is 3.74. The number of hydrogen-bond acceptors (Lipinski definition) is 6. The van der Waals surface area contributed by atoms with Crippen molar-refractivity contribution < 1.29 is 32.0 Å².